The van der Waals surface area contributed by atoms with Gasteiger partial charge in [-0.05, 0) is 12.1 Å². The number of pyridine rings is 1. The van der Waals surface area contributed by atoms with Crippen molar-refractivity contribution in [3.63, 3.8) is 0 Å². The van der Waals surface area contributed by atoms with Crippen molar-refractivity contribution in [1.82, 2.24) is 4.98 Å². The molecule has 0 saturated heterocycles. The minimum atomic E-state index is -1.13. The molecule has 0 aliphatic heterocycles. The number of nitrogens with zero attached hydrogens (tertiary/aromatic N) is 2. The summed E-state index contributed by atoms with van der Waals surface area (Å²) in [6.07, 6.45) is 1.18. The predicted octanol–water partition coefficient (Wildman–Crippen LogP) is 4.10. The van der Waals surface area contributed by atoms with E-state index in [4.69, 9.17) is 23.2 Å². The summed E-state index contributed by atoms with van der Waals surface area (Å²) in [5, 5.41) is 11.4. The van der Waals surface area contributed by atoms with Crippen molar-refractivity contribution < 1.29 is 9.31 Å². The van der Waals surface area contributed by atoms with E-state index in [0.29, 0.717) is 21.2 Å². The monoisotopic (exact) mass is 286 g/mol. The Balaban J connectivity index is 2.58. The Kier molecular flexibility index (Phi) is 3.45. The van der Waals surface area contributed by atoms with Crippen LogP contribution in [0.1, 0.15) is 0 Å². The van der Waals surface area contributed by atoms with Gasteiger partial charge >= 0.3 is 5.69 Å². The fourth-order valence-corrected chi connectivity index (χ4v) is 1.95. The highest BCUT2D eigenvalue weighted by Crippen LogP contribution is 2.32. The van der Waals surface area contributed by atoms with Crippen LogP contribution >= 0.6 is 23.2 Å². The third-order valence-electron chi connectivity index (χ3n) is 2.26. The van der Waals surface area contributed by atoms with E-state index in [-0.39, 0.29) is 0 Å². The summed E-state index contributed by atoms with van der Waals surface area (Å²) in [6.45, 7) is 0. The fraction of sp³-hybridized carbons (Fsp3) is 0. The van der Waals surface area contributed by atoms with Gasteiger partial charge < -0.3 is 0 Å². The number of nitro groups is 1. The van der Waals surface area contributed by atoms with E-state index in [1.807, 2.05) is 0 Å². The Hall–Kier alpha value is -1.72. The van der Waals surface area contributed by atoms with Crippen LogP contribution < -0.4 is 0 Å². The van der Waals surface area contributed by atoms with Crippen molar-refractivity contribution in [2.45, 2.75) is 0 Å². The molecule has 0 N–H and O–H groups in total. The van der Waals surface area contributed by atoms with Crippen LogP contribution in [0.3, 0.4) is 0 Å². The normalized spacial score (nSPS) is 10.4. The van der Waals surface area contributed by atoms with Gasteiger partial charge in [-0.15, -0.1) is 0 Å². The summed E-state index contributed by atoms with van der Waals surface area (Å²) in [4.78, 5) is 13.1. The second-order valence-corrected chi connectivity index (χ2v) is 4.26. The maximum Gasteiger partial charge on any atom is 0.324 e. The van der Waals surface area contributed by atoms with Crippen molar-refractivity contribution in [2.75, 3.05) is 0 Å². The second kappa shape index (κ2) is 4.88. The highest BCUT2D eigenvalue weighted by atomic mass is 35.5. The summed E-state index contributed by atoms with van der Waals surface area (Å²) < 4.78 is 13.1. The molecular weight excluding hydrogens is 282 g/mol. The molecule has 92 valence electrons. The first-order valence-electron chi connectivity index (χ1n) is 4.74. The number of hydrogen-bond acceptors (Lipinski definition) is 3. The average Bonchev–Trinajstić information content (AvgIpc) is 2.30. The molecule has 0 radical (unpaired) electrons. The van der Waals surface area contributed by atoms with Gasteiger partial charge in [0.15, 0.2) is 0 Å². The molecule has 4 nitrogen and oxygen atoms in total. The molecule has 1 heterocycles. The van der Waals surface area contributed by atoms with Crippen LogP contribution in [0.5, 0.6) is 0 Å². The van der Waals surface area contributed by atoms with Crippen LogP contribution in [0.4, 0.5) is 10.1 Å². The van der Waals surface area contributed by atoms with Gasteiger partial charge in [0, 0.05) is 33.4 Å². The summed E-state index contributed by atoms with van der Waals surface area (Å²) in [5.41, 5.74) is 0.153. The van der Waals surface area contributed by atoms with E-state index in [1.165, 1.54) is 12.3 Å². The molecule has 1 aromatic heterocycles. The molecule has 2 rings (SSSR count). The molecule has 0 aliphatic rings. The molecule has 0 fully saturated rings. The molecule has 0 saturated carbocycles. The van der Waals surface area contributed by atoms with Crippen LogP contribution in [0.25, 0.3) is 11.1 Å². The van der Waals surface area contributed by atoms with E-state index in [9.17, 15) is 14.5 Å². The van der Waals surface area contributed by atoms with Crippen molar-refractivity contribution in [3.8, 4) is 11.1 Å². The predicted molar refractivity (Wildman–Crippen MR) is 66.3 cm³/mol. The largest absolute Gasteiger partial charge is 0.324 e. The maximum atomic E-state index is 13.1. The fourth-order valence-electron chi connectivity index (χ4n) is 1.44. The van der Waals surface area contributed by atoms with Gasteiger partial charge in [0.1, 0.15) is 0 Å². The third-order valence-corrected chi connectivity index (χ3v) is 2.81. The molecule has 0 atom stereocenters. The average molecular weight is 287 g/mol. The third kappa shape index (κ3) is 2.42. The first-order valence-corrected chi connectivity index (χ1v) is 5.50. The van der Waals surface area contributed by atoms with Gasteiger partial charge in [0.25, 0.3) is 5.95 Å². The highest BCUT2D eigenvalue weighted by molar-refractivity contribution is 6.36. The number of aromatic nitrogens is 1. The lowest BCUT2D eigenvalue weighted by Crippen LogP contribution is -1.96. The number of hydrogen-bond donors (Lipinski definition) is 0. The van der Waals surface area contributed by atoms with Crippen molar-refractivity contribution in [3.05, 3.63) is 56.6 Å². The molecule has 0 amide bonds. The molecule has 0 unspecified atom stereocenters. The molecule has 2 aromatic rings. The van der Waals surface area contributed by atoms with Crippen LogP contribution in [-0.4, -0.2) is 9.91 Å². The van der Waals surface area contributed by atoms with Crippen molar-refractivity contribution in [1.29, 1.82) is 0 Å². The van der Waals surface area contributed by atoms with E-state index in [0.717, 1.165) is 6.07 Å². The minimum absolute atomic E-state index is 0.310. The standard InChI is InChI=1S/C11H5Cl2FN2O2/c12-7-1-2-8(9(13)4-7)6-3-10(16(17)18)11(14)15-5-6/h1-5H. The molecule has 0 bridgehead atoms. The smallest absolute Gasteiger partial charge is 0.258 e. The Morgan fingerprint density at radius 1 is 1.28 bits per heavy atom. The van der Waals surface area contributed by atoms with Gasteiger partial charge in [-0.1, -0.05) is 29.3 Å². The lowest BCUT2D eigenvalue weighted by Gasteiger charge is -2.04. The van der Waals surface area contributed by atoms with Crippen LogP contribution in [0.15, 0.2) is 30.5 Å². The Morgan fingerprint density at radius 3 is 2.61 bits per heavy atom. The van der Waals surface area contributed by atoms with E-state index in [2.05, 4.69) is 4.98 Å². The molecule has 0 spiro atoms. The van der Waals surface area contributed by atoms with E-state index >= 15 is 0 Å². The zero-order chi connectivity index (χ0) is 13.3. The second-order valence-electron chi connectivity index (χ2n) is 3.42. The van der Waals surface area contributed by atoms with Crippen LogP contribution in [0.2, 0.25) is 10.0 Å². The first-order chi connectivity index (χ1) is 8.49. The Bertz CT molecular complexity index is 634. The Morgan fingerprint density at radius 2 is 2.00 bits per heavy atom. The van der Waals surface area contributed by atoms with Gasteiger partial charge in [-0.2, -0.15) is 4.39 Å². The van der Waals surface area contributed by atoms with E-state index in [1.54, 1.807) is 12.1 Å². The quantitative estimate of drug-likeness (QED) is 0.474. The van der Waals surface area contributed by atoms with Crippen LogP contribution in [-0.2, 0) is 0 Å². The van der Waals surface area contributed by atoms with Gasteiger partial charge in [-0.25, -0.2) is 4.98 Å². The number of rotatable bonds is 2. The topological polar surface area (TPSA) is 56.0 Å². The molecule has 18 heavy (non-hydrogen) atoms. The summed E-state index contributed by atoms with van der Waals surface area (Å²) >= 11 is 11.7. The minimum Gasteiger partial charge on any atom is -0.258 e. The Labute approximate surface area is 111 Å². The lowest BCUT2D eigenvalue weighted by molar-refractivity contribution is -0.388. The van der Waals surface area contributed by atoms with Crippen LogP contribution in [0, 0.1) is 16.1 Å². The number of halogens is 3. The maximum absolute atomic E-state index is 13.1. The number of benzene rings is 1. The molecule has 0 aliphatic carbocycles. The SMILES string of the molecule is O=[N+]([O-])c1cc(-c2ccc(Cl)cc2Cl)cnc1F. The summed E-state index contributed by atoms with van der Waals surface area (Å²) in [5.74, 6) is -1.13. The summed E-state index contributed by atoms with van der Waals surface area (Å²) in [7, 11) is 0. The molecule has 7 heteroatoms. The van der Waals surface area contributed by atoms with E-state index < -0.39 is 16.6 Å². The van der Waals surface area contributed by atoms with Crippen molar-refractivity contribution in [2.24, 2.45) is 0 Å². The van der Waals surface area contributed by atoms with Crippen molar-refractivity contribution >= 4 is 28.9 Å². The molecule has 1 aromatic carbocycles. The van der Waals surface area contributed by atoms with Gasteiger partial charge in [0.05, 0.1) is 4.92 Å². The van der Waals surface area contributed by atoms with Gasteiger partial charge in [0.2, 0.25) is 0 Å². The summed E-state index contributed by atoms with van der Waals surface area (Å²) in [6, 6.07) is 5.74. The molecular formula is C11H5Cl2FN2O2. The zero-order valence-corrected chi connectivity index (χ0v) is 10.2. The highest BCUT2D eigenvalue weighted by Gasteiger charge is 2.17. The van der Waals surface area contributed by atoms with Gasteiger partial charge in [-0.3, -0.25) is 10.1 Å². The first kappa shape index (κ1) is 12.7. The lowest BCUT2D eigenvalue weighted by atomic mass is 10.1. The zero-order valence-electron chi connectivity index (χ0n) is 8.73.